The van der Waals surface area contributed by atoms with Gasteiger partial charge in [0.1, 0.15) is 0 Å². The van der Waals surface area contributed by atoms with Gasteiger partial charge in [-0.3, -0.25) is 4.90 Å². The van der Waals surface area contributed by atoms with Crippen LogP contribution in [0.3, 0.4) is 0 Å². The van der Waals surface area contributed by atoms with Crippen LogP contribution in [0, 0.1) is 0 Å². The lowest BCUT2D eigenvalue weighted by Crippen LogP contribution is -2.39. The molecule has 1 unspecified atom stereocenters. The minimum atomic E-state index is 0.599. The molecule has 2 nitrogen and oxygen atoms in total. The summed E-state index contributed by atoms with van der Waals surface area (Å²) in [6, 6.07) is 9.04. The first kappa shape index (κ1) is 14.7. The Morgan fingerprint density at radius 3 is 2.59 bits per heavy atom. The van der Waals surface area contributed by atoms with E-state index in [1.165, 1.54) is 16.5 Å². The second-order valence-electron chi connectivity index (χ2n) is 4.38. The highest BCUT2D eigenvalue weighted by molar-refractivity contribution is 9.10. The van der Waals surface area contributed by atoms with Crippen LogP contribution < -0.4 is 5.32 Å². The van der Waals surface area contributed by atoms with Crippen LogP contribution in [0.25, 0.3) is 0 Å². The minimum absolute atomic E-state index is 0.599. The maximum atomic E-state index is 3.61. The lowest BCUT2D eigenvalue weighted by atomic mass is 10.1. The Labute approximate surface area is 114 Å². The van der Waals surface area contributed by atoms with Crippen molar-refractivity contribution in [2.45, 2.75) is 32.9 Å². The predicted octanol–water partition coefficient (Wildman–Crippen LogP) is 3.27. The fourth-order valence-corrected chi connectivity index (χ4v) is 2.36. The first-order valence-electron chi connectivity index (χ1n) is 6.33. The van der Waals surface area contributed by atoms with E-state index in [2.05, 4.69) is 71.3 Å². The molecule has 0 aliphatic heterocycles. The quantitative estimate of drug-likeness (QED) is 0.831. The Bertz CT molecular complexity index is 328. The summed E-state index contributed by atoms with van der Waals surface area (Å²) >= 11 is 3.61. The lowest BCUT2D eigenvalue weighted by molar-refractivity contribution is 0.222. The topological polar surface area (TPSA) is 15.3 Å². The van der Waals surface area contributed by atoms with Crippen LogP contribution in [0.4, 0.5) is 0 Å². The highest BCUT2D eigenvalue weighted by Gasteiger charge is 2.13. The van der Waals surface area contributed by atoms with Gasteiger partial charge in [0.05, 0.1) is 0 Å². The molecule has 0 radical (unpaired) electrons. The van der Waals surface area contributed by atoms with Gasteiger partial charge in [-0.25, -0.2) is 0 Å². The van der Waals surface area contributed by atoms with Gasteiger partial charge in [-0.05, 0) is 31.6 Å². The molecule has 1 rings (SSSR count). The van der Waals surface area contributed by atoms with Gasteiger partial charge in [-0.1, -0.05) is 48.0 Å². The Morgan fingerprint density at radius 2 is 2.00 bits per heavy atom. The van der Waals surface area contributed by atoms with E-state index >= 15 is 0 Å². The van der Waals surface area contributed by atoms with Gasteiger partial charge in [0.25, 0.3) is 0 Å². The summed E-state index contributed by atoms with van der Waals surface area (Å²) in [5.74, 6) is 0. The molecule has 1 aromatic carbocycles. The Balaban J connectivity index is 2.57. The van der Waals surface area contributed by atoms with Crippen molar-refractivity contribution < 1.29 is 0 Å². The molecule has 3 heteroatoms. The molecule has 1 N–H and O–H groups in total. The number of nitrogens with zero attached hydrogens (tertiary/aromatic N) is 1. The summed E-state index contributed by atoms with van der Waals surface area (Å²) < 4.78 is 1.20. The van der Waals surface area contributed by atoms with Crippen LogP contribution in [0.15, 0.2) is 28.7 Å². The van der Waals surface area contributed by atoms with Crippen molar-refractivity contribution in [3.05, 3.63) is 34.3 Å². The normalized spacial score (nSPS) is 13.0. The first-order chi connectivity index (χ1) is 8.19. The van der Waals surface area contributed by atoms with Crippen molar-refractivity contribution in [2.24, 2.45) is 0 Å². The number of likely N-dealkylation sites (N-methyl/N-ethyl adjacent to an activating group) is 2. The number of halogens is 1. The van der Waals surface area contributed by atoms with E-state index in [-0.39, 0.29) is 0 Å². The van der Waals surface area contributed by atoms with Crippen molar-refractivity contribution >= 4 is 15.9 Å². The lowest BCUT2D eigenvalue weighted by Gasteiger charge is -2.27. The van der Waals surface area contributed by atoms with Gasteiger partial charge in [-0.15, -0.1) is 0 Å². The summed E-state index contributed by atoms with van der Waals surface area (Å²) in [5, 5.41) is 3.43. The van der Waals surface area contributed by atoms with E-state index in [0.29, 0.717) is 6.04 Å². The second-order valence-corrected chi connectivity index (χ2v) is 5.23. The van der Waals surface area contributed by atoms with Gasteiger partial charge in [0.2, 0.25) is 0 Å². The van der Waals surface area contributed by atoms with Crippen molar-refractivity contribution in [3.63, 3.8) is 0 Å². The third kappa shape index (κ3) is 4.78. The third-order valence-corrected chi connectivity index (χ3v) is 3.88. The monoisotopic (exact) mass is 298 g/mol. The molecule has 0 spiro atoms. The fraction of sp³-hybridized carbons (Fsp3) is 0.571. The molecule has 0 heterocycles. The average molecular weight is 299 g/mol. The first-order valence-corrected chi connectivity index (χ1v) is 7.12. The molecule has 0 aliphatic carbocycles. The van der Waals surface area contributed by atoms with Gasteiger partial charge < -0.3 is 5.32 Å². The summed E-state index contributed by atoms with van der Waals surface area (Å²) in [7, 11) is 2.20. The standard InChI is InChI=1S/C14H23BrN2/c1-4-13(10-16-5-2)17(3)11-12-8-6-7-9-14(12)15/h6-9,13,16H,4-5,10-11H2,1-3H3. The summed E-state index contributed by atoms with van der Waals surface area (Å²) in [5.41, 5.74) is 1.35. The van der Waals surface area contributed by atoms with Crippen LogP contribution in [0.1, 0.15) is 25.8 Å². The van der Waals surface area contributed by atoms with E-state index < -0.39 is 0 Å². The van der Waals surface area contributed by atoms with Gasteiger partial charge in [-0.2, -0.15) is 0 Å². The SMILES string of the molecule is CCNCC(CC)N(C)Cc1ccccc1Br. The predicted molar refractivity (Wildman–Crippen MR) is 78.2 cm³/mol. The smallest absolute Gasteiger partial charge is 0.0245 e. The third-order valence-electron chi connectivity index (χ3n) is 3.10. The molecule has 0 bridgehead atoms. The van der Waals surface area contributed by atoms with E-state index in [4.69, 9.17) is 0 Å². The van der Waals surface area contributed by atoms with Gasteiger partial charge >= 0.3 is 0 Å². The molecule has 1 atom stereocenters. The molecule has 96 valence electrons. The fourth-order valence-electron chi connectivity index (χ4n) is 1.95. The maximum absolute atomic E-state index is 3.61. The molecule has 0 saturated carbocycles. The van der Waals surface area contributed by atoms with E-state index in [9.17, 15) is 0 Å². The molecule has 0 amide bonds. The molecule has 0 fully saturated rings. The number of benzene rings is 1. The molecular weight excluding hydrogens is 276 g/mol. The maximum Gasteiger partial charge on any atom is 0.0245 e. The zero-order valence-corrected chi connectivity index (χ0v) is 12.6. The van der Waals surface area contributed by atoms with E-state index in [1.807, 2.05) is 0 Å². The van der Waals surface area contributed by atoms with Crippen molar-refractivity contribution in [2.75, 3.05) is 20.1 Å². The summed E-state index contributed by atoms with van der Waals surface area (Å²) in [6.07, 6.45) is 1.17. The zero-order chi connectivity index (χ0) is 12.7. The molecule has 17 heavy (non-hydrogen) atoms. The highest BCUT2D eigenvalue weighted by atomic mass is 79.9. The van der Waals surface area contributed by atoms with Crippen molar-refractivity contribution in [1.29, 1.82) is 0 Å². The van der Waals surface area contributed by atoms with Crippen LogP contribution in [0.5, 0.6) is 0 Å². The largest absolute Gasteiger partial charge is 0.315 e. The van der Waals surface area contributed by atoms with Gasteiger partial charge in [0.15, 0.2) is 0 Å². The average Bonchev–Trinajstić information content (AvgIpc) is 2.33. The van der Waals surface area contributed by atoms with Gasteiger partial charge in [0, 0.05) is 23.6 Å². The van der Waals surface area contributed by atoms with E-state index in [1.54, 1.807) is 0 Å². The Hall–Kier alpha value is -0.380. The Kier molecular flexibility index (Phi) is 6.78. The zero-order valence-electron chi connectivity index (χ0n) is 11.0. The van der Waals surface area contributed by atoms with E-state index in [0.717, 1.165) is 19.6 Å². The number of nitrogens with one attached hydrogen (secondary N) is 1. The van der Waals surface area contributed by atoms with Crippen molar-refractivity contribution in [3.8, 4) is 0 Å². The van der Waals surface area contributed by atoms with Crippen LogP contribution >= 0.6 is 15.9 Å². The molecule has 1 aromatic rings. The highest BCUT2D eigenvalue weighted by Crippen LogP contribution is 2.18. The molecule has 0 aliphatic rings. The molecular formula is C14H23BrN2. The second kappa shape index (κ2) is 7.85. The van der Waals surface area contributed by atoms with Crippen LogP contribution in [-0.2, 0) is 6.54 Å². The minimum Gasteiger partial charge on any atom is -0.315 e. The number of hydrogen-bond donors (Lipinski definition) is 1. The molecule has 0 saturated heterocycles. The van der Waals surface area contributed by atoms with Crippen molar-refractivity contribution in [1.82, 2.24) is 10.2 Å². The Morgan fingerprint density at radius 1 is 1.29 bits per heavy atom. The molecule has 0 aromatic heterocycles. The summed E-state index contributed by atoms with van der Waals surface area (Å²) in [6.45, 7) is 7.50. The summed E-state index contributed by atoms with van der Waals surface area (Å²) in [4.78, 5) is 2.42. The van der Waals surface area contributed by atoms with Crippen LogP contribution in [0.2, 0.25) is 0 Å². The van der Waals surface area contributed by atoms with Crippen LogP contribution in [-0.4, -0.2) is 31.1 Å². The number of rotatable bonds is 7. The number of hydrogen-bond acceptors (Lipinski definition) is 2.